The van der Waals surface area contributed by atoms with Crippen molar-refractivity contribution in [2.24, 2.45) is 0 Å². The van der Waals surface area contributed by atoms with Crippen LogP contribution in [0.15, 0.2) is 12.1 Å². The van der Waals surface area contributed by atoms with E-state index in [1.807, 2.05) is 6.92 Å². The van der Waals surface area contributed by atoms with Crippen molar-refractivity contribution in [2.75, 3.05) is 32.8 Å². The lowest BCUT2D eigenvalue weighted by Crippen LogP contribution is -2.35. The van der Waals surface area contributed by atoms with Crippen molar-refractivity contribution in [2.45, 2.75) is 46.2 Å². The Bertz CT molecular complexity index is 476. The monoisotopic (exact) mass is 306 g/mol. The summed E-state index contributed by atoms with van der Waals surface area (Å²) in [6.45, 7) is 11.0. The highest BCUT2D eigenvalue weighted by atomic mass is 16.5. The second kappa shape index (κ2) is 8.51. The smallest absolute Gasteiger partial charge is 0.124 e. The van der Waals surface area contributed by atoms with Gasteiger partial charge in [-0.15, -0.1) is 0 Å². The largest absolute Gasteiger partial charge is 0.494 e. The van der Waals surface area contributed by atoms with Crippen molar-refractivity contribution < 1.29 is 9.84 Å². The van der Waals surface area contributed by atoms with Gasteiger partial charge in [0.1, 0.15) is 5.75 Å². The van der Waals surface area contributed by atoms with Crippen LogP contribution < -0.4 is 10.1 Å². The average molecular weight is 306 g/mol. The molecule has 1 aromatic carbocycles. The van der Waals surface area contributed by atoms with Gasteiger partial charge in [-0.05, 0) is 43.5 Å². The SMILES string of the molecule is CCOc1cc2c(cc1CNCCO)CCN(CC)C2CC. The van der Waals surface area contributed by atoms with Gasteiger partial charge in [0, 0.05) is 31.2 Å². The van der Waals surface area contributed by atoms with Crippen LogP contribution in [-0.4, -0.2) is 42.9 Å². The first-order valence-corrected chi connectivity index (χ1v) is 8.59. The predicted octanol–water partition coefficient (Wildman–Crippen LogP) is 2.50. The quantitative estimate of drug-likeness (QED) is 0.724. The maximum absolute atomic E-state index is 8.93. The molecule has 0 saturated heterocycles. The second-order valence-electron chi connectivity index (χ2n) is 5.79. The van der Waals surface area contributed by atoms with Crippen molar-refractivity contribution >= 4 is 0 Å². The number of aliphatic hydroxyl groups is 1. The van der Waals surface area contributed by atoms with Crippen molar-refractivity contribution in [1.82, 2.24) is 10.2 Å². The van der Waals surface area contributed by atoms with E-state index in [-0.39, 0.29) is 6.61 Å². The molecule has 0 saturated carbocycles. The normalized spacial score (nSPS) is 18.3. The van der Waals surface area contributed by atoms with Gasteiger partial charge in [0.05, 0.1) is 13.2 Å². The molecule has 1 atom stereocenters. The van der Waals surface area contributed by atoms with E-state index in [9.17, 15) is 0 Å². The Balaban J connectivity index is 2.31. The van der Waals surface area contributed by atoms with Gasteiger partial charge >= 0.3 is 0 Å². The molecule has 0 fully saturated rings. The number of ether oxygens (including phenoxy) is 1. The Morgan fingerprint density at radius 1 is 1.32 bits per heavy atom. The fourth-order valence-corrected chi connectivity index (χ4v) is 3.42. The van der Waals surface area contributed by atoms with Crippen LogP contribution in [0.2, 0.25) is 0 Å². The summed E-state index contributed by atoms with van der Waals surface area (Å²) in [6.07, 6.45) is 2.24. The van der Waals surface area contributed by atoms with Crippen molar-refractivity contribution in [1.29, 1.82) is 0 Å². The van der Waals surface area contributed by atoms with Crippen molar-refractivity contribution in [3.8, 4) is 5.75 Å². The highest BCUT2D eigenvalue weighted by Crippen LogP contribution is 2.36. The Labute approximate surface area is 134 Å². The van der Waals surface area contributed by atoms with Crippen LogP contribution in [0.1, 0.15) is 49.9 Å². The van der Waals surface area contributed by atoms with Gasteiger partial charge in [-0.25, -0.2) is 0 Å². The fraction of sp³-hybridized carbons (Fsp3) is 0.667. The number of benzene rings is 1. The van der Waals surface area contributed by atoms with Crippen LogP contribution in [0.5, 0.6) is 5.75 Å². The topological polar surface area (TPSA) is 44.7 Å². The van der Waals surface area contributed by atoms with Gasteiger partial charge in [-0.3, -0.25) is 4.90 Å². The molecule has 22 heavy (non-hydrogen) atoms. The predicted molar refractivity (Wildman–Crippen MR) is 90.4 cm³/mol. The zero-order valence-corrected chi connectivity index (χ0v) is 14.2. The minimum absolute atomic E-state index is 0.165. The molecule has 124 valence electrons. The molecule has 0 aromatic heterocycles. The van der Waals surface area contributed by atoms with E-state index in [2.05, 4.69) is 36.2 Å². The van der Waals surface area contributed by atoms with E-state index in [1.165, 1.54) is 16.7 Å². The molecular formula is C18H30N2O2. The number of hydrogen-bond acceptors (Lipinski definition) is 4. The maximum atomic E-state index is 8.93. The van der Waals surface area contributed by atoms with E-state index < -0.39 is 0 Å². The number of nitrogens with one attached hydrogen (secondary N) is 1. The first-order valence-electron chi connectivity index (χ1n) is 8.59. The third-order valence-electron chi connectivity index (χ3n) is 4.49. The summed E-state index contributed by atoms with van der Waals surface area (Å²) in [5, 5.41) is 12.2. The first-order chi connectivity index (χ1) is 10.7. The molecule has 1 unspecified atom stereocenters. The third-order valence-corrected chi connectivity index (χ3v) is 4.49. The molecule has 2 N–H and O–H groups in total. The summed E-state index contributed by atoms with van der Waals surface area (Å²) in [5.41, 5.74) is 4.10. The maximum Gasteiger partial charge on any atom is 0.124 e. The van der Waals surface area contributed by atoms with Gasteiger partial charge in [0.2, 0.25) is 0 Å². The molecule has 4 nitrogen and oxygen atoms in total. The zero-order valence-electron chi connectivity index (χ0n) is 14.2. The Kier molecular flexibility index (Phi) is 6.68. The first kappa shape index (κ1) is 17.3. The third kappa shape index (κ3) is 3.80. The van der Waals surface area contributed by atoms with Crippen molar-refractivity contribution in [3.05, 3.63) is 28.8 Å². The molecule has 1 aliphatic heterocycles. The number of fused-ring (bicyclic) bond motifs is 1. The van der Waals surface area contributed by atoms with E-state index in [0.717, 1.165) is 38.2 Å². The summed E-state index contributed by atoms with van der Waals surface area (Å²) in [7, 11) is 0. The Morgan fingerprint density at radius 3 is 2.77 bits per heavy atom. The molecule has 0 aliphatic carbocycles. The highest BCUT2D eigenvalue weighted by Gasteiger charge is 2.26. The van der Waals surface area contributed by atoms with E-state index >= 15 is 0 Å². The van der Waals surface area contributed by atoms with Gasteiger partial charge in [-0.1, -0.05) is 19.9 Å². The van der Waals surface area contributed by atoms with E-state index in [1.54, 1.807) is 0 Å². The van der Waals surface area contributed by atoms with Crippen LogP contribution in [-0.2, 0) is 13.0 Å². The number of rotatable bonds is 8. The zero-order chi connectivity index (χ0) is 15.9. The molecule has 0 bridgehead atoms. The molecule has 1 heterocycles. The number of nitrogens with zero attached hydrogens (tertiary/aromatic N) is 1. The van der Waals surface area contributed by atoms with Gasteiger partial charge in [0.15, 0.2) is 0 Å². The summed E-state index contributed by atoms with van der Waals surface area (Å²) < 4.78 is 5.87. The highest BCUT2D eigenvalue weighted by molar-refractivity contribution is 5.45. The van der Waals surface area contributed by atoms with Crippen molar-refractivity contribution in [3.63, 3.8) is 0 Å². The minimum atomic E-state index is 0.165. The van der Waals surface area contributed by atoms with Gasteiger partial charge in [0.25, 0.3) is 0 Å². The summed E-state index contributed by atoms with van der Waals surface area (Å²) in [6, 6.07) is 5.07. The van der Waals surface area contributed by atoms with Crippen LogP contribution >= 0.6 is 0 Å². The Morgan fingerprint density at radius 2 is 2.14 bits per heavy atom. The molecule has 2 rings (SSSR count). The molecule has 4 heteroatoms. The molecule has 1 aliphatic rings. The van der Waals surface area contributed by atoms with Crippen LogP contribution in [0.25, 0.3) is 0 Å². The second-order valence-corrected chi connectivity index (χ2v) is 5.79. The molecule has 0 radical (unpaired) electrons. The van der Waals surface area contributed by atoms with Gasteiger partial charge in [-0.2, -0.15) is 0 Å². The van der Waals surface area contributed by atoms with Gasteiger partial charge < -0.3 is 15.2 Å². The molecule has 0 amide bonds. The van der Waals surface area contributed by atoms with Crippen LogP contribution in [0.3, 0.4) is 0 Å². The van der Waals surface area contributed by atoms with E-state index in [0.29, 0.717) is 19.2 Å². The van der Waals surface area contributed by atoms with E-state index in [4.69, 9.17) is 9.84 Å². The lowest BCUT2D eigenvalue weighted by molar-refractivity contribution is 0.189. The number of aliphatic hydroxyl groups excluding tert-OH is 1. The summed E-state index contributed by atoms with van der Waals surface area (Å²) in [4.78, 5) is 2.56. The average Bonchev–Trinajstić information content (AvgIpc) is 2.54. The molecule has 1 aromatic rings. The molecular weight excluding hydrogens is 276 g/mol. The van der Waals surface area contributed by atoms with Crippen LogP contribution in [0, 0.1) is 0 Å². The lowest BCUT2D eigenvalue weighted by atomic mass is 9.89. The standard InChI is InChI=1S/C18H30N2O2/c1-4-17-16-12-18(22-6-3)15(13-19-8-10-21)11-14(16)7-9-20(17)5-2/h11-12,17,19,21H,4-10,13H2,1-3H3. The Hall–Kier alpha value is -1.10. The number of hydrogen-bond donors (Lipinski definition) is 2. The summed E-state index contributed by atoms with van der Waals surface area (Å²) in [5.74, 6) is 0.989. The number of likely N-dealkylation sites (N-methyl/N-ethyl adjacent to an activating group) is 1. The lowest BCUT2D eigenvalue weighted by Gasteiger charge is -2.37. The summed E-state index contributed by atoms with van der Waals surface area (Å²) >= 11 is 0. The molecule has 0 spiro atoms. The fourth-order valence-electron chi connectivity index (χ4n) is 3.42. The van der Waals surface area contributed by atoms with Crippen LogP contribution in [0.4, 0.5) is 0 Å². The minimum Gasteiger partial charge on any atom is -0.494 e.